The van der Waals surface area contributed by atoms with Gasteiger partial charge in [0.1, 0.15) is 0 Å². The van der Waals surface area contributed by atoms with Gasteiger partial charge < -0.3 is 0 Å². The molecule has 9 heavy (non-hydrogen) atoms. The lowest BCUT2D eigenvalue weighted by atomic mass is 10.2. The second kappa shape index (κ2) is 3.35. The van der Waals surface area contributed by atoms with Gasteiger partial charge in [-0.05, 0) is 19.3 Å². The van der Waals surface area contributed by atoms with Crippen molar-refractivity contribution in [3.05, 3.63) is 0 Å². The molecule has 1 rings (SSSR count). The van der Waals surface area contributed by atoms with E-state index in [4.69, 9.17) is 0 Å². The van der Waals surface area contributed by atoms with Gasteiger partial charge in [0.2, 0.25) is 0 Å². The minimum absolute atomic E-state index is 0.461. The van der Waals surface area contributed by atoms with Crippen molar-refractivity contribution in [2.45, 2.75) is 37.9 Å². The quantitative estimate of drug-likeness (QED) is 0.579. The van der Waals surface area contributed by atoms with Crippen LogP contribution in [0, 0.1) is 0 Å². The fourth-order valence-corrected chi connectivity index (χ4v) is 3.06. The van der Waals surface area contributed by atoms with Crippen molar-refractivity contribution in [3.8, 4) is 0 Å². The van der Waals surface area contributed by atoms with Gasteiger partial charge in [-0.1, -0.05) is 13.3 Å². The topological polar surface area (TPSA) is 17.1 Å². The maximum absolute atomic E-state index is 11.1. The Hall–Kier alpha value is 0.150. The van der Waals surface area contributed by atoms with Gasteiger partial charge in [-0.15, -0.1) is 0 Å². The highest BCUT2D eigenvalue weighted by Gasteiger charge is 2.21. The summed E-state index contributed by atoms with van der Waals surface area (Å²) in [6.07, 6.45) is 4.76. The van der Waals surface area contributed by atoms with Crippen LogP contribution in [0.15, 0.2) is 0 Å². The fourth-order valence-electron chi connectivity index (χ4n) is 1.35. The molecule has 1 fully saturated rings. The van der Waals surface area contributed by atoms with Gasteiger partial charge in [0, 0.05) is 21.8 Å². The molecular weight excluding hydrogens is 132 g/mol. The summed E-state index contributed by atoms with van der Waals surface area (Å²) in [5.74, 6) is 0.963. The van der Waals surface area contributed by atoms with Crippen molar-refractivity contribution in [1.29, 1.82) is 0 Å². The van der Waals surface area contributed by atoms with Crippen LogP contribution in [0.25, 0.3) is 0 Å². The van der Waals surface area contributed by atoms with Gasteiger partial charge in [-0.2, -0.15) is 0 Å². The van der Waals surface area contributed by atoms with Crippen LogP contribution < -0.4 is 0 Å². The van der Waals surface area contributed by atoms with E-state index in [0.717, 1.165) is 5.75 Å². The third kappa shape index (κ3) is 1.78. The molecule has 1 aliphatic heterocycles. The molecule has 1 saturated heterocycles. The van der Waals surface area contributed by atoms with Crippen molar-refractivity contribution in [2.24, 2.45) is 0 Å². The van der Waals surface area contributed by atoms with Crippen LogP contribution in [0.4, 0.5) is 0 Å². The molecule has 0 spiro atoms. The molecule has 2 unspecified atom stereocenters. The van der Waals surface area contributed by atoms with Crippen molar-refractivity contribution in [3.63, 3.8) is 0 Å². The molecule has 1 aliphatic rings. The monoisotopic (exact) mass is 146 g/mol. The molecule has 0 radical (unpaired) electrons. The Morgan fingerprint density at radius 3 is 2.89 bits per heavy atom. The number of rotatable bonds is 2. The Balaban J connectivity index is 2.31. The van der Waals surface area contributed by atoms with E-state index in [9.17, 15) is 4.21 Å². The van der Waals surface area contributed by atoms with E-state index in [-0.39, 0.29) is 0 Å². The average Bonchev–Trinajstić information content (AvgIpc) is 2.18. The molecule has 0 bridgehead atoms. The maximum atomic E-state index is 11.1. The van der Waals surface area contributed by atoms with Crippen LogP contribution in [-0.2, 0) is 10.8 Å². The van der Waals surface area contributed by atoms with Crippen LogP contribution in [-0.4, -0.2) is 15.2 Å². The Morgan fingerprint density at radius 1 is 1.67 bits per heavy atom. The largest absolute Gasteiger partial charge is 0.259 e. The lowest BCUT2D eigenvalue weighted by molar-refractivity contribution is 0.656. The van der Waals surface area contributed by atoms with E-state index in [1.54, 1.807) is 0 Å². The lowest BCUT2D eigenvalue weighted by Gasteiger charge is -2.03. The average molecular weight is 146 g/mol. The van der Waals surface area contributed by atoms with Gasteiger partial charge in [0.15, 0.2) is 0 Å². The Morgan fingerprint density at radius 2 is 2.44 bits per heavy atom. The van der Waals surface area contributed by atoms with E-state index in [2.05, 4.69) is 6.92 Å². The molecular formula is C7H14OS. The highest BCUT2D eigenvalue weighted by molar-refractivity contribution is 7.85. The highest BCUT2D eigenvalue weighted by Crippen LogP contribution is 2.19. The molecule has 54 valence electrons. The van der Waals surface area contributed by atoms with Crippen molar-refractivity contribution in [2.75, 3.05) is 5.75 Å². The summed E-state index contributed by atoms with van der Waals surface area (Å²) in [4.78, 5) is 0. The number of hydrogen-bond donors (Lipinski definition) is 0. The number of hydrogen-bond acceptors (Lipinski definition) is 1. The van der Waals surface area contributed by atoms with Crippen LogP contribution in [0.1, 0.15) is 32.6 Å². The summed E-state index contributed by atoms with van der Waals surface area (Å²) in [5.41, 5.74) is 0. The summed E-state index contributed by atoms with van der Waals surface area (Å²) in [6.45, 7) is 2.16. The molecule has 0 saturated carbocycles. The second-order valence-electron chi connectivity index (χ2n) is 2.64. The third-order valence-electron chi connectivity index (χ3n) is 1.85. The minimum Gasteiger partial charge on any atom is -0.259 e. The first-order valence-corrected chi connectivity index (χ1v) is 5.10. The van der Waals surface area contributed by atoms with Crippen LogP contribution in [0.2, 0.25) is 0 Å². The summed E-state index contributed by atoms with van der Waals surface area (Å²) >= 11 is 0. The van der Waals surface area contributed by atoms with Gasteiger partial charge in [-0.3, -0.25) is 4.21 Å². The minimum atomic E-state index is -0.461. The molecule has 0 aromatic carbocycles. The van der Waals surface area contributed by atoms with E-state index in [1.807, 2.05) is 0 Å². The zero-order valence-corrected chi connectivity index (χ0v) is 6.75. The molecule has 0 N–H and O–H groups in total. The first-order chi connectivity index (χ1) is 4.34. The van der Waals surface area contributed by atoms with E-state index in [1.165, 1.54) is 25.7 Å². The summed E-state index contributed by atoms with van der Waals surface area (Å²) in [6, 6.07) is 0. The molecule has 0 amide bonds. The Kier molecular flexibility index (Phi) is 2.70. The zero-order valence-electron chi connectivity index (χ0n) is 5.93. The van der Waals surface area contributed by atoms with Crippen LogP contribution in [0.5, 0.6) is 0 Å². The summed E-state index contributed by atoms with van der Waals surface area (Å²) in [5, 5.41) is 0.551. The molecule has 0 aromatic heterocycles. The zero-order chi connectivity index (χ0) is 6.69. The molecule has 0 aliphatic carbocycles. The lowest BCUT2D eigenvalue weighted by Crippen LogP contribution is -2.07. The first kappa shape index (κ1) is 7.26. The van der Waals surface area contributed by atoms with Crippen LogP contribution in [0.3, 0.4) is 0 Å². The summed E-state index contributed by atoms with van der Waals surface area (Å²) < 4.78 is 11.1. The Labute approximate surface area is 59.3 Å². The van der Waals surface area contributed by atoms with Gasteiger partial charge in [-0.25, -0.2) is 0 Å². The summed E-state index contributed by atoms with van der Waals surface area (Å²) in [7, 11) is -0.461. The SMILES string of the molecule is CCCC1CCCS1=O. The van der Waals surface area contributed by atoms with Crippen molar-refractivity contribution < 1.29 is 4.21 Å². The first-order valence-electron chi connectivity index (χ1n) is 3.71. The van der Waals surface area contributed by atoms with Gasteiger partial charge in [0.25, 0.3) is 0 Å². The van der Waals surface area contributed by atoms with Crippen LogP contribution >= 0.6 is 0 Å². The molecule has 1 heterocycles. The Bertz CT molecular complexity index is 111. The van der Waals surface area contributed by atoms with Crippen molar-refractivity contribution in [1.82, 2.24) is 0 Å². The third-order valence-corrected chi connectivity index (χ3v) is 3.76. The standard InChI is InChI=1S/C7H14OS/c1-2-4-7-5-3-6-9(7)8/h7H,2-6H2,1H3. The molecule has 2 heteroatoms. The smallest absolute Gasteiger partial charge is 0.0348 e. The molecule has 1 nitrogen and oxygen atoms in total. The van der Waals surface area contributed by atoms with E-state index in [0.29, 0.717) is 5.25 Å². The predicted octanol–water partition coefficient (Wildman–Crippen LogP) is 1.70. The van der Waals surface area contributed by atoms with E-state index < -0.39 is 10.8 Å². The van der Waals surface area contributed by atoms with Crippen molar-refractivity contribution >= 4 is 10.8 Å². The second-order valence-corrected chi connectivity index (χ2v) is 4.47. The maximum Gasteiger partial charge on any atom is 0.0348 e. The molecule has 2 atom stereocenters. The van der Waals surface area contributed by atoms with Gasteiger partial charge in [0.05, 0.1) is 0 Å². The normalized spacial score (nSPS) is 35.2. The van der Waals surface area contributed by atoms with E-state index >= 15 is 0 Å². The predicted molar refractivity (Wildman–Crippen MR) is 40.9 cm³/mol. The molecule has 0 aromatic rings. The van der Waals surface area contributed by atoms with Gasteiger partial charge >= 0.3 is 0 Å². The highest BCUT2D eigenvalue weighted by atomic mass is 32.2. The fraction of sp³-hybridized carbons (Fsp3) is 1.00.